The van der Waals surface area contributed by atoms with E-state index in [1.807, 2.05) is 0 Å². The highest BCUT2D eigenvalue weighted by Gasteiger charge is 2.11. The molecule has 0 fully saturated rings. The van der Waals surface area contributed by atoms with E-state index in [1.54, 1.807) is 42.6 Å². The first-order valence-electron chi connectivity index (χ1n) is 5.97. The van der Waals surface area contributed by atoms with Crippen molar-refractivity contribution in [2.75, 3.05) is 6.54 Å². The number of pyridine rings is 1. The first kappa shape index (κ1) is 14.7. The molecule has 2 aromatic rings. The van der Waals surface area contributed by atoms with Crippen molar-refractivity contribution in [1.29, 1.82) is 0 Å². The zero-order valence-corrected chi connectivity index (χ0v) is 12.0. The number of benzene rings is 1. The van der Waals surface area contributed by atoms with Crippen molar-refractivity contribution >= 4 is 29.7 Å². The largest absolute Gasteiger partial charge is 0.387 e. The minimum absolute atomic E-state index is 0.101. The lowest BCUT2D eigenvalue weighted by atomic mass is 10.1. The van der Waals surface area contributed by atoms with Gasteiger partial charge in [-0.05, 0) is 29.8 Å². The van der Waals surface area contributed by atoms with E-state index in [0.717, 1.165) is 0 Å². The van der Waals surface area contributed by atoms with E-state index >= 15 is 0 Å². The molecule has 0 radical (unpaired) electrons. The first-order valence-corrected chi connectivity index (χ1v) is 6.76. The van der Waals surface area contributed by atoms with E-state index in [4.69, 9.17) is 23.8 Å². The summed E-state index contributed by atoms with van der Waals surface area (Å²) in [7, 11) is 0. The zero-order valence-electron chi connectivity index (χ0n) is 10.5. The summed E-state index contributed by atoms with van der Waals surface area (Å²) in [5.74, 6) is -0.320. The number of aromatic nitrogens is 1. The Bertz CT molecular complexity index is 655. The molecule has 3 N–H and O–H groups in total. The molecule has 2 rings (SSSR count). The standard InChI is InChI=1S/C14H13ClN2O2S/c15-10-5-3-9(4-6-10)12(18)8-17-13(19)11-2-1-7-16-14(11)20/h1-7,12,18H,8H2,(H,16,20)(H,17,19). The smallest absolute Gasteiger partial charge is 0.254 e. The van der Waals surface area contributed by atoms with Gasteiger partial charge in [0.1, 0.15) is 4.64 Å². The number of nitrogens with one attached hydrogen (secondary N) is 2. The number of carbonyl (C=O) groups is 1. The van der Waals surface area contributed by atoms with Gasteiger partial charge >= 0.3 is 0 Å². The lowest BCUT2D eigenvalue weighted by molar-refractivity contribution is 0.0915. The third-order valence-electron chi connectivity index (χ3n) is 2.77. The number of halogens is 1. The number of rotatable bonds is 4. The van der Waals surface area contributed by atoms with Gasteiger partial charge < -0.3 is 15.4 Å². The monoisotopic (exact) mass is 308 g/mol. The van der Waals surface area contributed by atoms with E-state index in [-0.39, 0.29) is 12.5 Å². The average Bonchev–Trinajstić information content (AvgIpc) is 2.45. The molecular formula is C14H13ClN2O2S. The Balaban J connectivity index is 1.98. The Morgan fingerprint density at radius 1 is 1.35 bits per heavy atom. The van der Waals surface area contributed by atoms with E-state index in [0.29, 0.717) is 20.8 Å². The number of H-pyrrole nitrogens is 1. The highest BCUT2D eigenvalue weighted by atomic mass is 35.5. The van der Waals surface area contributed by atoms with E-state index in [1.165, 1.54) is 0 Å². The molecule has 1 unspecified atom stereocenters. The Hall–Kier alpha value is -1.69. The summed E-state index contributed by atoms with van der Waals surface area (Å²) in [6, 6.07) is 10.1. The third kappa shape index (κ3) is 3.66. The summed E-state index contributed by atoms with van der Waals surface area (Å²) < 4.78 is 0.367. The van der Waals surface area contributed by atoms with Gasteiger partial charge in [0, 0.05) is 17.8 Å². The van der Waals surface area contributed by atoms with Crippen LogP contribution in [0.4, 0.5) is 0 Å². The summed E-state index contributed by atoms with van der Waals surface area (Å²) in [4.78, 5) is 14.7. The van der Waals surface area contributed by atoms with Crippen LogP contribution in [0.25, 0.3) is 0 Å². The van der Waals surface area contributed by atoms with Crippen LogP contribution in [-0.2, 0) is 0 Å². The van der Waals surface area contributed by atoms with Crippen LogP contribution in [0.15, 0.2) is 42.6 Å². The highest BCUT2D eigenvalue weighted by Crippen LogP contribution is 2.15. The molecule has 0 saturated heterocycles. The summed E-state index contributed by atoms with van der Waals surface area (Å²) in [6.45, 7) is 0.101. The fraction of sp³-hybridized carbons (Fsp3) is 0.143. The molecule has 4 nitrogen and oxygen atoms in total. The van der Waals surface area contributed by atoms with Crippen LogP contribution in [0.1, 0.15) is 22.0 Å². The van der Waals surface area contributed by atoms with Gasteiger partial charge in [-0.15, -0.1) is 0 Å². The van der Waals surface area contributed by atoms with Crippen LogP contribution in [0.5, 0.6) is 0 Å². The molecule has 0 bridgehead atoms. The van der Waals surface area contributed by atoms with Crippen LogP contribution in [0, 0.1) is 4.64 Å². The molecule has 1 atom stereocenters. The van der Waals surface area contributed by atoms with Gasteiger partial charge in [0.25, 0.3) is 5.91 Å². The second-order valence-corrected chi connectivity index (χ2v) is 5.03. The molecule has 0 saturated carbocycles. The number of carbonyl (C=O) groups excluding carboxylic acids is 1. The van der Waals surface area contributed by atoms with Gasteiger partial charge in [0.05, 0.1) is 11.7 Å². The lowest BCUT2D eigenvalue weighted by Crippen LogP contribution is -2.28. The van der Waals surface area contributed by atoms with Crippen LogP contribution < -0.4 is 5.32 Å². The van der Waals surface area contributed by atoms with Gasteiger partial charge in [0.15, 0.2) is 0 Å². The summed E-state index contributed by atoms with van der Waals surface area (Å²) in [5.41, 5.74) is 1.07. The number of hydrogen-bond donors (Lipinski definition) is 3. The number of aromatic amines is 1. The molecule has 1 heterocycles. The maximum Gasteiger partial charge on any atom is 0.254 e. The van der Waals surface area contributed by atoms with E-state index in [9.17, 15) is 9.90 Å². The Labute approximate surface area is 126 Å². The van der Waals surface area contributed by atoms with Crippen LogP contribution in [-0.4, -0.2) is 22.5 Å². The van der Waals surface area contributed by atoms with Crippen molar-refractivity contribution in [3.8, 4) is 0 Å². The fourth-order valence-electron chi connectivity index (χ4n) is 1.69. The topological polar surface area (TPSA) is 65.1 Å². The third-order valence-corrected chi connectivity index (χ3v) is 3.36. The summed E-state index contributed by atoms with van der Waals surface area (Å²) in [5, 5.41) is 13.2. The SMILES string of the molecule is O=C(NCC(O)c1ccc(Cl)cc1)c1ccc[nH]c1=S. The Kier molecular flexibility index (Phi) is 4.89. The molecule has 0 aliphatic heterocycles. The fourth-order valence-corrected chi connectivity index (χ4v) is 2.04. The molecular weight excluding hydrogens is 296 g/mol. The highest BCUT2D eigenvalue weighted by molar-refractivity contribution is 7.71. The van der Waals surface area contributed by atoms with Crippen molar-refractivity contribution in [2.24, 2.45) is 0 Å². The molecule has 1 amide bonds. The van der Waals surface area contributed by atoms with Gasteiger partial charge in [-0.3, -0.25) is 4.79 Å². The van der Waals surface area contributed by atoms with Crippen molar-refractivity contribution < 1.29 is 9.90 Å². The summed E-state index contributed by atoms with van der Waals surface area (Å²) >= 11 is 10.8. The quantitative estimate of drug-likeness (QED) is 0.761. The van der Waals surface area contributed by atoms with E-state index < -0.39 is 6.10 Å². The van der Waals surface area contributed by atoms with Gasteiger partial charge in [-0.25, -0.2) is 0 Å². The number of aliphatic hydroxyl groups is 1. The minimum Gasteiger partial charge on any atom is -0.387 e. The van der Waals surface area contributed by atoms with Gasteiger partial charge in [-0.2, -0.15) is 0 Å². The molecule has 0 aliphatic rings. The van der Waals surface area contributed by atoms with Gasteiger partial charge in [0.2, 0.25) is 0 Å². The van der Waals surface area contributed by atoms with E-state index in [2.05, 4.69) is 10.3 Å². The van der Waals surface area contributed by atoms with Crippen LogP contribution in [0.2, 0.25) is 5.02 Å². The Morgan fingerprint density at radius 2 is 2.05 bits per heavy atom. The maximum atomic E-state index is 11.9. The van der Waals surface area contributed by atoms with Gasteiger partial charge in [-0.1, -0.05) is 36.0 Å². The summed E-state index contributed by atoms with van der Waals surface area (Å²) in [6.07, 6.45) is 0.860. The maximum absolute atomic E-state index is 11.9. The molecule has 1 aromatic carbocycles. The Morgan fingerprint density at radius 3 is 2.70 bits per heavy atom. The average molecular weight is 309 g/mol. The predicted octanol–water partition coefficient (Wildman–Crippen LogP) is 2.86. The minimum atomic E-state index is -0.794. The first-order chi connectivity index (χ1) is 9.58. The van der Waals surface area contributed by atoms with Crippen molar-refractivity contribution in [1.82, 2.24) is 10.3 Å². The second-order valence-electron chi connectivity index (χ2n) is 4.19. The number of hydrogen-bond acceptors (Lipinski definition) is 3. The molecule has 1 aromatic heterocycles. The molecule has 20 heavy (non-hydrogen) atoms. The zero-order chi connectivity index (χ0) is 14.5. The van der Waals surface area contributed by atoms with Crippen molar-refractivity contribution in [3.63, 3.8) is 0 Å². The van der Waals surface area contributed by atoms with Crippen molar-refractivity contribution in [3.05, 3.63) is 63.4 Å². The predicted molar refractivity (Wildman–Crippen MR) is 80.4 cm³/mol. The van der Waals surface area contributed by atoms with Crippen LogP contribution >= 0.6 is 23.8 Å². The molecule has 6 heteroatoms. The molecule has 0 aliphatic carbocycles. The van der Waals surface area contributed by atoms with Crippen LogP contribution in [0.3, 0.4) is 0 Å². The lowest BCUT2D eigenvalue weighted by Gasteiger charge is -2.12. The normalized spacial score (nSPS) is 11.9. The molecule has 0 spiro atoms. The number of amides is 1. The molecule has 104 valence electrons. The number of aliphatic hydroxyl groups excluding tert-OH is 1. The van der Waals surface area contributed by atoms with Crippen molar-refractivity contribution in [2.45, 2.75) is 6.10 Å². The second kappa shape index (κ2) is 6.65.